The van der Waals surface area contributed by atoms with Crippen molar-refractivity contribution in [3.63, 3.8) is 0 Å². The Morgan fingerprint density at radius 1 is 0.857 bits per heavy atom. The zero-order valence-corrected chi connectivity index (χ0v) is 15.1. The van der Waals surface area contributed by atoms with Gasteiger partial charge in [-0.15, -0.1) is 0 Å². The second kappa shape index (κ2) is 6.76. The third kappa shape index (κ3) is 3.96. The highest BCUT2D eigenvalue weighted by atomic mass is 79.9. The number of benzene rings is 2. The summed E-state index contributed by atoms with van der Waals surface area (Å²) in [6.07, 6.45) is 0. The highest BCUT2D eigenvalue weighted by molar-refractivity contribution is 9.10. The molecule has 0 amide bonds. The highest BCUT2D eigenvalue weighted by Gasteiger charge is 2.15. The zero-order chi connectivity index (χ0) is 15.6. The lowest BCUT2D eigenvalue weighted by Crippen LogP contribution is -2.23. The fourth-order valence-corrected chi connectivity index (χ4v) is 3.44. The molecule has 0 bridgehead atoms. The summed E-state index contributed by atoms with van der Waals surface area (Å²) in [6, 6.07) is 13.7. The van der Waals surface area contributed by atoms with Crippen molar-refractivity contribution in [2.75, 3.05) is 0 Å². The molecule has 0 aromatic heterocycles. The maximum absolute atomic E-state index is 3.72. The van der Waals surface area contributed by atoms with Crippen LogP contribution in [0.25, 0.3) is 0 Å². The Morgan fingerprint density at radius 3 is 1.90 bits per heavy atom. The number of hydrogen-bond acceptors (Lipinski definition) is 1. The number of hydrogen-bond donors (Lipinski definition) is 1. The first-order chi connectivity index (χ1) is 9.88. The predicted molar refractivity (Wildman–Crippen MR) is 94.8 cm³/mol. The Hall–Kier alpha value is -1.12. The van der Waals surface area contributed by atoms with E-state index >= 15 is 0 Å². The van der Waals surface area contributed by atoms with Gasteiger partial charge >= 0.3 is 0 Å². The lowest BCUT2D eigenvalue weighted by atomic mass is 9.94. The second-order valence-electron chi connectivity index (χ2n) is 5.97. The van der Waals surface area contributed by atoms with Crippen LogP contribution >= 0.6 is 15.9 Å². The van der Waals surface area contributed by atoms with Crippen LogP contribution in [0.1, 0.15) is 53.7 Å². The molecule has 21 heavy (non-hydrogen) atoms. The smallest absolute Gasteiger partial charge is 0.0302 e. The van der Waals surface area contributed by atoms with Gasteiger partial charge in [-0.2, -0.15) is 0 Å². The highest BCUT2D eigenvalue weighted by Crippen LogP contribution is 2.26. The minimum atomic E-state index is 0.327. The average Bonchev–Trinajstić information content (AvgIpc) is 2.37. The van der Waals surface area contributed by atoms with E-state index in [4.69, 9.17) is 0 Å². The monoisotopic (exact) mass is 345 g/mol. The van der Waals surface area contributed by atoms with Crippen molar-refractivity contribution in [1.82, 2.24) is 5.32 Å². The average molecular weight is 346 g/mol. The van der Waals surface area contributed by atoms with E-state index in [0.717, 1.165) is 4.47 Å². The second-order valence-corrected chi connectivity index (χ2v) is 6.89. The number of halogens is 1. The minimum Gasteiger partial charge on any atom is -0.304 e. The first-order valence-electron chi connectivity index (χ1n) is 7.47. The van der Waals surface area contributed by atoms with Gasteiger partial charge in [0, 0.05) is 16.6 Å². The summed E-state index contributed by atoms with van der Waals surface area (Å²) in [5.74, 6) is 0. The van der Waals surface area contributed by atoms with Gasteiger partial charge in [0.1, 0.15) is 0 Å². The van der Waals surface area contributed by atoms with Gasteiger partial charge in [0.2, 0.25) is 0 Å². The summed E-state index contributed by atoms with van der Waals surface area (Å²) in [4.78, 5) is 0. The molecule has 0 saturated carbocycles. The van der Waals surface area contributed by atoms with Gasteiger partial charge in [-0.05, 0) is 69.0 Å². The Kier molecular flexibility index (Phi) is 5.23. The molecule has 2 aromatic rings. The van der Waals surface area contributed by atoms with Crippen LogP contribution in [0.5, 0.6) is 0 Å². The van der Waals surface area contributed by atoms with Crippen molar-refractivity contribution in [3.8, 4) is 0 Å². The van der Waals surface area contributed by atoms with E-state index in [9.17, 15) is 0 Å². The number of rotatable bonds is 4. The summed E-state index contributed by atoms with van der Waals surface area (Å²) in [6.45, 7) is 11.0. The minimum absolute atomic E-state index is 0.327. The molecule has 1 N–H and O–H groups in total. The summed E-state index contributed by atoms with van der Waals surface area (Å²) in [5.41, 5.74) is 6.81. The van der Waals surface area contributed by atoms with Crippen molar-refractivity contribution in [2.24, 2.45) is 0 Å². The molecule has 2 atom stereocenters. The summed E-state index contributed by atoms with van der Waals surface area (Å²) < 4.78 is 1.12. The molecule has 0 saturated heterocycles. The van der Waals surface area contributed by atoms with Gasteiger partial charge in [-0.1, -0.05) is 45.8 Å². The third-order valence-electron chi connectivity index (χ3n) is 4.04. The molecule has 0 fully saturated rings. The molecule has 2 heteroatoms. The van der Waals surface area contributed by atoms with Crippen LogP contribution in [-0.2, 0) is 0 Å². The maximum atomic E-state index is 3.72. The van der Waals surface area contributed by atoms with Crippen LogP contribution in [0.15, 0.2) is 40.9 Å². The summed E-state index contributed by atoms with van der Waals surface area (Å²) in [7, 11) is 0. The summed E-state index contributed by atoms with van der Waals surface area (Å²) >= 11 is 3.49. The molecule has 0 spiro atoms. The molecule has 0 radical (unpaired) electrons. The van der Waals surface area contributed by atoms with Gasteiger partial charge in [0.25, 0.3) is 0 Å². The van der Waals surface area contributed by atoms with E-state index in [-0.39, 0.29) is 0 Å². The molecule has 112 valence electrons. The van der Waals surface area contributed by atoms with Crippen LogP contribution in [0.3, 0.4) is 0 Å². The van der Waals surface area contributed by atoms with Crippen molar-refractivity contribution in [1.29, 1.82) is 0 Å². The van der Waals surface area contributed by atoms with Crippen LogP contribution in [0.4, 0.5) is 0 Å². The number of aryl methyl sites for hydroxylation is 3. The molecular formula is C19H24BrN. The third-order valence-corrected chi connectivity index (χ3v) is 4.57. The van der Waals surface area contributed by atoms with Gasteiger partial charge in [-0.25, -0.2) is 0 Å². The van der Waals surface area contributed by atoms with Crippen molar-refractivity contribution in [3.05, 3.63) is 68.7 Å². The number of nitrogens with one attached hydrogen (secondary N) is 1. The normalized spacial score (nSPS) is 14.0. The molecule has 1 nitrogen and oxygen atoms in total. The lowest BCUT2D eigenvalue weighted by Gasteiger charge is -2.24. The summed E-state index contributed by atoms with van der Waals surface area (Å²) in [5, 5.41) is 3.72. The van der Waals surface area contributed by atoms with E-state index in [1.807, 2.05) is 0 Å². The van der Waals surface area contributed by atoms with Crippen molar-refractivity contribution < 1.29 is 0 Å². The van der Waals surface area contributed by atoms with E-state index < -0.39 is 0 Å². The topological polar surface area (TPSA) is 12.0 Å². The van der Waals surface area contributed by atoms with Crippen molar-refractivity contribution >= 4 is 15.9 Å². The molecular weight excluding hydrogens is 322 g/mol. The molecule has 2 aromatic carbocycles. The van der Waals surface area contributed by atoms with Crippen LogP contribution in [0, 0.1) is 20.8 Å². The van der Waals surface area contributed by atoms with Gasteiger partial charge in [-0.3, -0.25) is 0 Å². The van der Waals surface area contributed by atoms with Gasteiger partial charge < -0.3 is 5.32 Å². The quantitative estimate of drug-likeness (QED) is 0.739. The maximum Gasteiger partial charge on any atom is 0.0302 e. The molecule has 0 heterocycles. The predicted octanol–water partition coefficient (Wildman–Crippen LogP) is 5.79. The first-order valence-corrected chi connectivity index (χ1v) is 8.27. The van der Waals surface area contributed by atoms with E-state index in [0.29, 0.717) is 12.1 Å². The van der Waals surface area contributed by atoms with Crippen LogP contribution < -0.4 is 5.32 Å². The molecule has 1 unspecified atom stereocenters. The van der Waals surface area contributed by atoms with Gasteiger partial charge in [0.05, 0.1) is 0 Å². The van der Waals surface area contributed by atoms with Gasteiger partial charge in [0.15, 0.2) is 0 Å². The van der Waals surface area contributed by atoms with E-state index in [1.165, 1.54) is 27.8 Å². The van der Waals surface area contributed by atoms with Crippen molar-refractivity contribution in [2.45, 2.75) is 46.7 Å². The van der Waals surface area contributed by atoms with E-state index in [2.05, 4.69) is 92.3 Å². The first kappa shape index (κ1) is 16.3. The Bertz CT molecular complexity index is 593. The lowest BCUT2D eigenvalue weighted by molar-refractivity contribution is 0.491. The Balaban J connectivity index is 2.18. The largest absolute Gasteiger partial charge is 0.304 e. The molecule has 2 rings (SSSR count). The van der Waals surface area contributed by atoms with Crippen LogP contribution in [-0.4, -0.2) is 0 Å². The fraction of sp³-hybridized carbons (Fsp3) is 0.368. The zero-order valence-electron chi connectivity index (χ0n) is 13.5. The fourth-order valence-electron chi connectivity index (χ4n) is 3.18. The SMILES string of the molecule is Cc1cc(C)c(C(C)N[C@@H](C)c2ccc(Br)cc2)c(C)c1. The molecule has 0 aliphatic rings. The molecule has 0 aliphatic heterocycles. The molecule has 0 aliphatic carbocycles. The Morgan fingerprint density at radius 2 is 1.38 bits per heavy atom. The Labute approximate surface area is 136 Å². The standard InChI is InChI=1S/C19H24BrN/c1-12-10-13(2)19(14(3)11-12)16(5)21-15(4)17-6-8-18(20)9-7-17/h6-11,15-16,21H,1-5H3/t15-,16?/m0/s1. The van der Waals surface area contributed by atoms with E-state index in [1.54, 1.807) is 0 Å². The van der Waals surface area contributed by atoms with Crippen LogP contribution in [0.2, 0.25) is 0 Å².